The van der Waals surface area contributed by atoms with Crippen molar-refractivity contribution in [2.24, 2.45) is 0 Å². The molecule has 0 aromatic heterocycles. The molecule has 26 heavy (non-hydrogen) atoms. The van der Waals surface area contributed by atoms with Gasteiger partial charge in [-0.05, 0) is 48.4 Å². The first kappa shape index (κ1) is 17.5. The van der Waals surface area contributed by atoms with Gasteiger partial charge in [0.15, 0.2) is 18.1 Å². The predicted octanol–water partition coefficient (Wildman–Crippen LogP) is 3.06. The molecule has 0 unspecified atom stereocenters. The molecular formula is C19H16FNO5. The number of ether oxygens (including phenoxy) is 3. The summed E-state index contributed by atoms with van der Waals surface area (Å²) in [5.41, 5.74) is 1.49. The fourth-order valence-corrected chi connectivity index (χ4v) is 2.27. The number of aryl methyl sites for hydroxylation is 1. The molecule has 7 heteroatoms. The molecule has 0 saturated heterocycles. The third kappa shape index (κ3) is 4.38. The van der Waals surface area contributed by atoms with Gasteiger partial charge in [0.05, 0.1) is 5.69 Å². The van der Waals surface area contributed by atoms with Crippen LogP contribution in [-0.2, 0) is 14.3 Å². The summed E-state index contributed by atoms with van der Waals surface area (Å²) in [5, 5.41) is 2.35. The van der Waals surface area contributed by atoms with Gasteiger partial charge >= 0.3 is 5.97 Å². The van der Waals surface area contributed by atoms with Crippen LogP contribution in [0.5, 0.6) is 11.5 Å². The third-order valence-electron chi connectivity index (χ3n) is 3.55. The van der Waals surface area contributed by atoms with E-state index in [0.29, 0.717) is 11.5 Å². The fraction of sp³-hybridized carbons (Fsp3) is 0.158. The van der Waals surface area contributed by atoms with Crippen molar-refractivity contribution in [2.75, 3.05) is 18.7 Å². The van der Waals surface area contributed by atoms with Gasteiger partial charge in [-0.25, -0.2) is 9.18 Å². The molecule has 134 valence electrons. The number of esters is 1. The number of anilines is 1. The molecule has 2 aromatic rings. The van der Waals surface area contributed by atoms with E-state index in [9.17, 15) is 14.0 Å². The van der Waals surface area contributed by atoms with Crippen LogP contribution in [0.4, 0.5) is 10.1 Å². The van der Waals surface area contributed by atoms with Gasteiger partial charge in [0, 0.05) is 6.08 Å². The lowest BCUT2D eigenvalue weighted by atomic mass is 10.2. The molecule has 0 spiro atoms. The van der Waals surface area contributed by atoms with Crippen molar-refractivity contribution in [3.8, 4) is 11.5 Å². The van der Waals surface area contributed by atoms with Gasteiger partial charge in [-0.15, -0.1) is 0 Å². The van der Waals surface area contributed by atoms with Crippen molar-refractivity contribution in [2.45, 2.75) is 6.92 Å². The highest BCUT2D eigenvalue weighted by atomic mass is 19.1. The molecule has 0 fully saturated rings. The summed E-state index contributed by atoms with van der Waals surface area (Å²) in [6.07, 6.45) is 2.72. The molecule has 0 aliphatic carbocycles. The largest absolute Gasteiger partial charge is 0.454 e. The van der Waals surface area contributed by atoms with Gasteiger partial charge in [-0.3, -0.25) is 4.79 Å². The Labute approximate surface area is 149 Å². The number of amides is 1. The minimum Gasteiger partial charge on any atom is -0.454 e. The van der Waals surface area contributed by atoms with Gasteiger partial charge in [-0.2, -0.15) is 0 Å². The second kappa shape index (κ2) is 7.69. The summed E-state index contributed by atoms with van der Waals surface area (Å²) >= 11 is 0. The summed E-state index contributed by atoms with van der Waals surface area (Å²) in [4.78, 5) is 23.4. The standard InChI is InChI=1S/C19H16FNO5/c1-12-2-5-15(14(20)8-12)21-18(22)10-24-19(23)7-4-13-3-6-16-17(9-13)26-11-25-16/h2-9H,10-11H2,1H3,(H,21,22)/b7-4+. The summed E-state index contributed by atoms with van der Waals surface area (Å²) in [6.45, 7) is 1.39. The van der Waals surface area contributed by atoms with E-state index in [1.807, 2.05) is 0 Å². The van der Waals surface area contributed by atoms with Gasteiger partial charge in [-0.1, -0.05) is 12.1 Å². The molecule has 0 atom stereocenters. The van der Waals surface area contributed by atoms with Crippen LogP contribution < -0.4 is 14.8 Å². The van der Waals surface area contributed by atoms with E-state index in [-0.39, 0.29) is 12.5 Å². The highest BCUT2D eigenvalue weighted by molar-refractivity contribution is 5.94. The van der Waals surface area contributed by atoms with Crippen LogP contribution in [-0.4, -0.2) is 25.3 Å². The van der Waals surface area contributed by atoms with Crippen LogP contribution in [0, 0.1) is 12.7 Å². The zero-order valence-corrected chi connectivity index (χ0v) is 14.0. The number of fused-ring (bicyclic) bond motifs is 1. The first-order valence-electron chi connectivity index (χ1n) is 7.82. The molecule has 2 aromatic carbocycles. The zero-order chi connectivity index (χ0) is 18.5. The summed E-state index contributed by atoms with van der Waals surface area (Å²) in [7, 11) is 0. The summed E-state index contributed by atoms with van der Waals surface area (Å²) in [6, 6.07) is 9.62. The molecule has 1 N–H and O–H groups in total. The van der Waals surface area contributed by atoms with E-state index in [0.717, 1.165) is 11.1 Å². The van der Waals surface area contributed by atoms with E-state index in [2.05, 4.69) is 5.32 Å². The van der Waals surface area contributed by atoms with Crippen molar-refractivity contribution in [3.63, 3.8) is 0 Å². The second-order valence-corrected chi connectivity index (χ2v) is 5.59. The van der Waals surface area contributed by atoms with Crippen molar-refractivity contribution in [1.82, 2.24) is 0 Å². The molecule has 6 nitrogen and oxygen atoms in total. The number of carbonyl (C=O) groups excluding carboxylic acids is 2. The van der Waals surface area contributed by atoms with Crippen LogP contribution >= 0.6 is 0 Å². The zero-order valence-electron chi connectivity index (χ0n) is 14.0. The summed E-state index contributed by atoms with van der Waals surface area (Å²) in [5.74, 6) is -0.628. The lowest BCUT2D eigenvalue weighted by molar-refractivity contribution is -0.142. The maximum Gasteiger partial charge on any atom is 0.331 e. The predicted molar refractivity (Wildman–Crippen MR) is 92.3 cm³/mol. The molecule has 1 aliphatic rings. The monoisotopic (exact) mass is 357 g/mol. The van der Waals surface area contributed by atoms with E-state index < -0.39 is 24.3 Å². The van der Waals surface area contributed by atoms with Gasteiger partial charge < -0.3 is 19.5 Å². The summed E-state index contributed by atoms with van der Waals surface area (Å²) < 4.78 is 28.9. The first-order valence-corrected chi connectivity index (χ1v) is 7.82. The van der Waals surface area contributed by atoms with Crippen LogP contribution in [0.15, 0.2) is 42.5 Å². The lowest BCUT2D eigenvalue weighted by Crippen LogP contribution is -2.20. The minimum atomic E-state index is -0.692. The van der Waals surface area contributed by atoms with Crippen molar-refractivity contribution >= 4 is 23.6 Å². The fourth-order valence-electron chi connectivity index (χ4n) is 2.27. The molecule has 0 radical (unpaired) electrons. The van der Waals surface area contributed by atoms with Gasteiger partial charge in [0.1, 0.15) is 5.82 Å². The van der Waals surface area contributed by atoms with Crippen LogP contribution in [0.2, 0.25) is 0 Å². The molecule has 0 saturated carbocycles. The quantitative estimate of drug-likeness (QED) is 0.658. The minimum absolute atomic E-state index is 0.0348. The SMILES string of the molecule is Cc1ccc(NC(=O)COC(=O)/C=C/c2ccc3c(c2)OCO3)c(F)c1. The number of carbonyl (C=O) groups is 2. The Hall–Kier alpha value is -3.35. The number of hydrogen-bond acceptors (Lipinski definition) is 5. The van der Waals surface area contributed by atoms with Crippen molar-refractivity contribution in [1.29, 1.82) is 0 Å². The number of hydrogen-bond donors (Lipinski definition) is 1. The van der Waals surface area contributed by atoms with E-state index in [1.54, 1.807) is 31.2 Å². The number of rotatable bonds is 5. The maximum atomic E-state index is 13.7. The van der Waals surface area contributed by atoms with E-state index in [4.69, 9.17) is 14.2 Å². The van der Waals surface area contributed by atoms with Crippen LogP contribution in [0.25, 0.3) is 6.08 Å². The van der Waals surface area contributed by atoms with Crippen molar-refractivity contribution < 1.29 is 28.2 Å². The highest BCUT2D eigenvalue weighted by Gasteiger charge is 2.13. The Morgan fingerprint density at radius 2 is 2.00 bits per heavy atom. The second-order valence-electron chi connectivity index (χ2n) is 5.59. The molecule has 1 amide bonds. The maximum absolute atomic E-state index is 13.7. The normalized spacial score (nSPS) is 12.2. The van der Waals surface area contributed by atoms with Crippen LogP contribution in [0.1, 0.15) is 11.1 Å². The Bertz CT molecular complexity index is 878. The first-order chi connectivity index (χ1) is 12.5. The smallest absolute Gasteiger partial charge is 0.331 e. The average Bonchev–Trinajstić information content (AvgIpc) is 3.08. The Morgan fingerprint density at radius 1 is 1.19 bits per heavy atom. The topological polar surface area (TPSA) is 73.9 Å². The average molecular weight is 357 g/mol. The van der Waals surface area contributed by atoms with Crippen molar-refractivity contribution in [3.05, 3.63) is 59.4 Å². The lowest BCUT2D eigenvalue weighted by Gasteiger charge is -2.07. The van der Waals surface area contributed by atoms with Crippen LogP contribution in [0.3, 0.4) is 0 Å². The van der Waals surface area contributed by atoms with Gasteiger partial charge in [0.25, 0.3) is 5.91 Å². The molecule has 0 bridgehead atoms. The molecular weight excluding hydrogens is 341 g/mol. The van der Waals surface area contributed by atoms with Gasteiger partial charge in [0.2, 0.25) is 6.79 Å². The number of nitrogens with one attached hydrogen (secondary N) is 1. The number of halogens is 1. The number of benzene rings is 2. The highest BCUT2D eigenvalue weighted by Crippen LogP contribution is 2.32. The Morgan fingerprint density at radius 3 is 2.81 bits per heavy atom. The van der Waals surface area contributed by atoms with E-state index >= 15 is 0 Å². The van der Waals surface area contributed by atoms with E-state index in [1.165, 1.54) is 24.3 Å². The Kier molecular flexibility index (Phi) is 5.17. The third-order valence-corrected chi connectivity index (χ3v) is 3.55. The molecule has 1 heterocycles. The molecule has 3 rings (SSSR count). The Balaban J connectivity index is 1.49. The molecule has 1 aliphatic heterocycles.